The summed E-state index contributed by atoms with van der Waals surface area (Å²) in [4.78, 5) is 22.1. The number of carbonyl (C=O) groups is 2. The maximum Gasteiger partial charge on any atom is 0.309 e. The molecule has 1 unspecified atom stereocenters. The van der Waals surface area contributed by atoms with Crippen LogP contribution in [0.4, 0.5) is 0 Å². The lowest BCUT2D eigenvalue weighted by Gasteiger charge is -2.30. The van der Waals surface area contributed by atoms with Crippen LogP contribution in [-0.2, 0) is 9.59 Å². The van der Waals surface area contributed by atoms with E-state index in [-0.39, 0.29) is 0 Å². The van der Waals surface area contributed by atoms with Gasteiger partial charge in [0, 0.05) is 0 Å². The van der Waals surface area contributed by atoms with Crippen LogP contribution in [0.1, 0.15) is 53.9 Å². The molecule has 0 amide bonds. The molecule has 0 bridgehead atoms. The van der Waals surface area contributed by atoms with Gasteiger partial charge in [-0.2, -0.15) is 0 Å². The highest BCUT2D eigenvalue weighted by molar-refractivity contribution is 6.16. The molecule has 0 heterocycles. The molecule has 0 fully saturated rings. The first-order chi connectivity index (χ1) is 8.80. The summed E-state index contributed by atoms with van der Waals surface area (Å²) in [5.41, 5.74) is -1.66. The predicted molar refractivity (Wildman–Crippen MR) is 79.9 cm³/mol. The first-order valence-electron chi connectivity index (χ1n) is 6.74. The standard InChI is InChI=1S/C15H25BO4/c1-13(2,11(17)18)8-6-7-9-15(5,16)10-14(3,4)12(19)20/h7,9H,6,8,10H2,1-5H3,(H,17,18)(H,19,20)/b9-7+. The van der Waals surface area contributed by atoms with Crippen LogP contribution in [0.5, 0.6) is 0 Å². The Bertz CT molecular complexity index is 395. The average Bonchev–Trinajstić information content (AvgIpc) is 2.22. The summed E-state index contributed by atoms with van der Waals surface area (Å²) in [6.45, 7) is 8.41. The van der Waals surface area contributed by atoms with Crippen LogP contribution < -0.4 is 0 Å². The quantitative estimate of drug-likeness (QED) is 0.528. The van der Waals surface area contributed by atoms with Crippen LogP contribution in [0.15, 0.2) is 12.2 Å². The van der Waals surface area contributed by atoms with E-state index in [2.05, 4.69) is 0 Å². The fourth-order valence-electron chi connectivity index (χ4n) is 1.99. The van der Waals surface area contributed by atoms with Crippen molar-refractivity contribution in [3.63, 3.8) is 0 Å². The van der Waals surface area contributed by atoms with Gasteiger partial charge in [-0.15, -0.1) is 0 Å². The van der Waals surface area contributed by atoms with E-state index in [0.29, 0.717) is 19.3 Å². The highest BCUT2D eigenvalue weighted by Gasteiger charge is 2.33. The smallest absolute Gasteiger partial charge is 0.309 e. The first-order valence-corrected chi connectivity index (χ1v) is 6.74. The topological polar surface area (TPSA) is 74.6 Å². The summed E-state index contributed by atoms with van der Waals surface area (Å²) < 4.78 is 0. The zero-order valence-corrected chi connectivity index (χ0v) is 13.1. The van der Waals surface area contributed by atoms with Gasteiger partial charge in [-0.05, 0) is 47.0 Å². The van der Waals surface area contributed by atoms with Crippen LogP contribution in [-0.4, -0.2) is 30.0 Å². The minimum absolute atomic E-state index is 0.314. The molecule has 0 spiro atoms. The number of rotatable bonds is 8. The van der Waals surface area contributed by atoms with E-state index < -0.39 is 28.1 Å². The molecule has 0 rings (SSSR count). The Balaban J connectivity index is 4.52. The van der Waals surface area contributed by atoms with Crippen molar-refractivity contribution in [3.8, 4) is 0 Å². The Kier molecular flexibility index (Phi) is 6.06. The molecule has 0 aromatic carbocycles. The van der Waals surface area contributed by atoms with Gasteiger partial charge < -0.3 is 10.2 Å². The van der Waals surface area contributed by atoms with Gasteiger partial charge in [-0.25, -0.2) is 0 Å². The summed E-state index contributed by atoms with van der Waals surface area (Å²) in [5, 5.41) is 17.4. The molecule has 2 radical (unpaired) electrons. The second-order valence-corrected chi connectivity index (χ2v) is 7.00. The summed E-state index contributed by atoms with van der Waals surface area (Å²) >= 11 is 0. The lowest BCUT2D eigenvalue weighted by atomic mass is 9.62. The maximum absolute atomic E-state index is 11.1. The second-order valence-electron chi connectivity index (χ2n) is 7.00. The number of allylic oxidation sites excluding steroid dienone is 2. The molecular formula is C15H25BO4. The molecule has 0 aromatic rings. The van der Waals surface area contributed by atoms with Gasteiger partial charge in [0.1, 0.15) is 0 Å². The van der Waals surface area contributed by atoms with E-state index in [0.717, 1.165) is 0 Å². The van der Waals surface area contributed by atoms with Crippen molar-refractivity contribution < 1.29 is 19.8 Å². The zero-order valence-electron chi connectivity index (χ0n) is 13.1. The van der Waals surface area contributed by atoms with Crippen molar-refractivity contribution in [1.82, 2.24) is 0 Å². The normalized spacial score (nSPS) is 16.1. The molecule has 4 nitrogen and oxygen atoms in total. The summed E-state index contributed by atoms with van der Waals surface area (Å²) in [6.07, 6.45) is 5.03. The molecule has 0 aliphatic carbocycles. The van der Waals surface area contributed by atoms with E-state index in [1.165, 1.54) is 0 Å². The number of hydrogen-bond acceptors (Lipinski definition) is 2. The van der Waals surface area contributed by atoms with E-state index in [1.54, 1.807) is 40.7 Å². The molecule has 5 heteroatoms. The largest absolute Gasteiger partial charge is 0.481 e. The predicted octanol–water partition coefficient (Wildman–Crippen LogP) is 3.28. The van der Waals surface area contributed by atoms with Gasteiger partial charge in [-0.3, -0.25) is 9.59 Å². The van der Waals surface area contributed by atoms with Gasteiger partial charge >= 0.3 is 11.9 Å². The Morgan fingerprint density at radius 1 is 1.00 bits per heavy atom. The number of aliphatic carboxylic acids is 2. The number of carboxylic acid groups (broad SMARTS) is 2. The second kappa shape index (κ2) is 6.46. The molecule has 20 heavy (non-hydrogen) atoms. The summed E-state index contributed by atoms with van der Waals surface area (Å²) in [6, 6.07) is 0. The molecule has 1 atom stereocenters. The highest BCUT2D eigenvalue weighted by Crippen LogP contribution is 2.38. The van der Waals surface area contributed by atoms with E-state index >= 15 is 0 Å². The lowest BCUT2D eigenvalue weighted by Crippen LogP contribution is -2.28. The number of hydrogen-bond donors (Lipinski definition) is 2. The third-order valence-corrected chi connectivity index (χ3v) is 3.42. The van der Waals surface area contributed by atoms with E-state index in [1.807, 2.05) is 6.08 Å². The SMILES string of the molecule is [B]C(C)(/C=C/CCC(C)(C)C(=O)O)CC(C)(C)C(=O)O. The van der Waals surface area contributed by atoms with Gasteiger partial charge in [0.25, 0.3) is 0 Å². The van der Waals surface area contributed by atoms with Crippen molar-refractivity contribution in [3.05, 3.63) is 12.2 Å². The first kappa shape index (κ1) is 18.7. The van der Waals surface area contributed by atoms with Gasteiger partial charge in [0.2, 0.25) is 0 Å². The van der Waals surface area contributed by atoms with Crippen molar-refractivity contribution >= 4 is 19.8 Å². The van der Waals surface area contributed by atoms with Gasteiger partial charge in [0.05, 0.1) is 18.7 Å². The molecule has 0 aliphatic rings. The third kappa shape index (κ3) is 6.26. The third-order valence-electron chi connectivity index (χ3n) is 3.42. The Morgan fingerprint density at radius 3 is 1.85 bits per heavy atom. The van der Waals surface area contributed by atoms with Crippen molar-refractivity contribution in [2.75, 3.05) is 0 Å². The molecule has 0 aliphatic heterocycles. The van der Waals surface area contributed by atoms with Gasteiger partial charge in [0.15, 0.2) is 0 Å². The Hall–Kier alpha value is -1.26. The van der Waals surface area contributed by atoms with Crippen molar-refractivity contribution in [1.29, 1.82) is 0 Å². The minimum Gasteiger partial charge on any atom is -0.481 e. The fourth-order valence-corrected chi connectivity index (χ4v) is 1.99. The maximum atomic E-state index is 11.1. The minimum atomic E-state index is -0.895. The van der Waals surface area contributed by atoms with E-state index in [9.17, 15) is 9.59 Å². The molecule has 112 valence electrons. The van der Waals surface area contributed by atoms with Crippen LogP contribution >= 0.6 is 0 Å². The summed E-state index contributed by atoms with van der Waals surface area (Å²) in [5.74, 6) is -1.71. The average molecular weight is 280 g/mol. The van der Waals surface area contributed by atoms with Crippen LogP contribution in [0.3, 0.4) is 0 Å². The van der Waals surface area contributed by atoms with Crippen molar-refractivity contribution in [2.24, 2.45) is 10.8 Å². The lowest BCUT2D eigenvalue weighted by molar-refractivity contribution is -0.148. The molecule has 0 saturated heterocycles. The Morgan fingerprint density at radius 2 is 1.45 bits per heavy atom. The van der Waals surface area contributed by atoms with Crippen LogP contribution in [0.2, 0.25) is 5.31 Å². The van der Waals surface area contributed by atoms with Crippen molar-refractivity contribution in [2.45, 2.75) is 59.2 Å². The highest BCUT2D eigenvalue weighted by atomic mass is 16.4. The van der Waals surface area contributed by atoms with E-state index in [4.69, 9.17) is 18.1 Å². The van der Waals surface area contributed by atoms with Crippen LogP contribution in [0.25, 0.3) is 0 Å². The molecule has 0 saturated carbocycles. The van der Waals surface area contributed by atoms with Crippen LogP contribution in [0, 0.1) is 10.8 Å². The molecule has 0 aromatic heterocycles. The zero-order chi connectivity index (χ0) is 16.2. The molecular weight excluding hydrogens is 255 g/mol. The summed E-state index contributed by atoms with van der Waals surface area (Å²) in [7, 11) is 6.08. The Labute approximate surface area is 122 Å². The number of carboxylic acids is 2. The fraction of sp³-hybridized carbons (Fsp3) is 0.733. The molecule has 2 N–H and O–H groups in total. The monoisotopic (exact) mass is 280 g/mol. The van der Waals surface area contributed by atoms with Gasteiger partial charge in [-0.1, -0.05) is 24.4 Å².